The number of hydrogen-bond acceptors (Lipinski definition) is 3. The zero-order chi connectivity index (χ0) is 14.5. The summed E-state index contributed by atoms with van der Waals surface area (Å²) in [7, 11) is 4.50. The van der Waals surface area contributed by atoms with Crippen LogP contribution in [0.4, 0.5) is 0 Å². The predicted molar refractivity (Wildman–Crippen MR) is 83.9 cm³/mol. The van der Waals surface area contributed by atoms with Crippen LogP contribution in [0.2, 0.25) is 0 Å². The van der Waals surface area contributed by atoms with Crippen LogP contribution in [0.5, 0.6) is 0 Å². The van der Waals surface area contributed by atoms with Crippen molar-refractivity contribution < 1.29 is 0 Å². The van der Waals surface area contributed by atoms with Gasteiger partial charge in [0.1, 0.15) is 0 Å². The summed E-state index contributed by atoms with van der Waals surface area (Å²) in [6.45, 7) is 8.78. The minimum atomic E-state index is 0.722. The molecule has 1 atom stereocenters. The third-order valence-corrected chi connectivity index (χ3v) is 4.38. The molecule has 114 valence electrons. The Morgan fingerprint density at radius 1 is 1.40 bits per heavy atom. The number of aromatic nitrogens is 2. The van der Waals surface area contributed by atoms with Crippen molar-refractivity contribution >= 4 is 0 Å². The van der Waals surface area contributed by atoms with Gasteiger partial charge in [-0.3, -0.25) is 4.68 Å². The predicted octanol–water partition coefficient (Wildman–Crippen LogP) is 2.52. The SMILES string of the molecule is CCCn1cc(CN(C)CC2CCCCN2C)c(C)n1. The molecule has 0 amide bonds. The fourth-order valence-corrected chi connectivity index (χ4v) is 3.15. The van der Waals surface area contributed by atoms with Crippen LogP contribution < -0.4 is 0 Å². The molecule has 0 spiro atoms. The van der Waals surface area contributed by atoms with Crippen molar-refractivity contribution in [3.05, 3.63) is 17.5 Å². The molecule has 1 aromatic rings. The maximum absolute atomic E-state index is 4.59. The molecule has 1 unspecified atom stereocenters. The number of piperidine rings is 1. The fourth-order valence-electron chi connectivity index (χ4n) is 3.15. The summed E-state index contributed by atoms with van der Waals surface area (Å²) in [5, 5.41) is 4.59. The maximum atomic E-state index is 4.59. The summed E-state index contributed by atoms with van der Waals surface area (Å²) < 4.78 is 2.09. The second-order valence-corrected chi connectivity index (χ2v) is 6.33. The van der Waals surface area contributed by atoms with E-state index >= 15 is 0 Å². The Morgan fingerprint density at radius 2 is 2.20 bits per heavy atom. The standard InChI is InChI=1S/C16H30N4/c1-5-9-20-12-15(14(2)17-20)11-18(3)13-16-8-6-7-10-19(16)4/h12,16H,5-11,13H2,1-4H3. The van der Waals surface area contributed by atoms with E-state index in [4.69, 9.17) is 0 Å². The van der Waals surface area contributed by atoms with Gasteiger partial charge in [0.2, 0.25) is 0 Å². The second kappa shape index (κ2) is 7.23. The topological polar surface area (TPSA) is 24.3 Å². The van der Waals surface area contributed by atoms with Gasteiger partial charge in [-0.15, -0.1) is 0 Å². The molecule has 1 aliphatic heterocycles. The monoisotopic (exact) mass is 278 g/mol. The average Bonchev–Trinajstić information content (AvgIpc) is 2.73. The lowest BCUT2D eigenvalue weighted by molar-refractivity contribution is 0.138. The molecule has 1 aliphatic rings. The Labute approximate surface area is 123 Å². The van der Waals surface area contributed by atoms with Gasteiger partial charge in [0.05, 0.1) is 5.69 Å². The molecule has 0 saturated carbocycles. The number of nitrogens with zero attached hydrogens (tertiary/aromatic N) is 4. The first-order valence-corrected chi connectivity index (χ1v) is 8.02. The zero-order valence-corrected chi connectivity index (χ0v) is 13.6. The highest BCUT2D eigenvalue weighted by Gasteiger charge is 2.20. The van der Waals surface area contributed by atoms with E-state index in [1.165, 1.54) is 37.1 Å². The van der Waals surface area contributed by atoms with Gasteiger partial charge in [0.25, 0.3) is 0 Å². The van der Waals surface area contributed by atoms with Crippen LogP contribution in [0.1, 0.15) is 43.9 Å². The summed E-state index contributed by atoms with van der Waals surface area (Å²) in [5.41, 5.74) is 2.56. The molecule has 0 bridgehead atoms. The summed E-state index contributed by atoms with van der Waals surface area (Å²) in [5.74, 6) is 0. The largest absolute Gasteiger partial charge is 0.302 e. The van der Waals surface area contributed by atoms with E-state index in [0.717, 1.165) is 32.1 Å². The Hall–Kier alpha value is -0.870. The molecular weight excluding hydrogens is 248 g/mol. The van der Waals surface area contributed by atoms with Crippen LogP contribution >= 0.6 is 0 Å². The van der Waals surface area contributed by atoms with Gasteiger partial charge in [-0.05, 0) is 46.8 Å². The summed E-state index contributed by atoms with van der Waals surface area (Å²) in [6.07, 6.45) is 7.45. The molecule has 0 N–H and O–H groups in total. The molecule has 0 aromatic carbocycles. The smallest absolute Gasteiger partial charge is 0.0638 e. The van der Waals surface area contributed by atoms with Crippen molar-refractivity contribution in [1.82, 2.24) is 19.6 Å². The normalized spacial score (nSPS) is 20.8. The third kappa shape index (κ3) is 4.06. The third-order valence-electron chi connectivity index (χ3n) is 4.38. The van der Waals surface area contributed by atoms with Crippen molar-refractivity contribution in [2.24, 2.45) is 0 Å². The molecule has 4 nitrogen and oxygen atoms in total. The van der Waals surface area contributed by atoms with Crippen molar-refractivity contribution in [3.8, 4) is 0 Å². The first-order valence-electron chi connectivity index (χ1n) is 8.02. The lowest BCUT2D eigenvalue weighted by atomic mass is 10.0. The van der Waals surface area contributed by atoms with E-state index in [1.807, 2.05) is 0 Å². The van der Waals surface area contributed by atoms with Crippen LogP contribution in [0.3, 0.4) is 0 Å². The lowest BCUT2D eigenvalue weighted by Gasteiger charge is -2.35. The van der Waals surface area contributed by atoms with E-state index in [9.17, 15) is 0 Å². The van der Waals surface area contributed by atoms with Crippen LogP contribution in [-0.4, -0.2) is 52.8 Å². The highest BCUT2D eigenvalue weighted by molar-refractivity contribution is 5.15. The number of rotatable bonds is 6. The Bertz CT molecular complexity index is 413. The van der Waals surface area contributed by atoms with Crippen LogP contribution in [-0.2, 0) is 13.1 Å². The second-order valence-electron chi connectivity index (χ2n) is 6.33. The molecule has 4 heteroatoms. The lowest BCUT2D eigenvalue weighted by Crippen LogP contribution is -2.43. The van der Waals surface area contributed by atoms with Gasteiger partial charge in [0.15, 0.2) is 0 Å². The molecular formula is C16H30N4. The van der Waals surface area contributed by atoms with E-state index in [2.05, 4.69) is 53.7 Å². The number of likely N-dealkylation sites (tertiary alicyclic amines) is 1. The molecule has 1 fully saturated rings. The number of aryl methyl sites for hydroxylation is 2. The van der Waals surface area contributed by atoms with Crippen molar-refractivity contribution in [3.63, 3.8) is 0 Å². The van der Waals surface area contributed by atoms with Crippen molar-refractivity contribution in [2.75, 3.05) is 27.2 Å². The molecule has 0 radical (unpaired) electrons. The van der Waals surface area contributed by atoms with E-state index in [0.29, 0.717) is 0 Å². The first kappa shape index (κ1) is 15.5. The highest BCUT2D eigenvalue weighted by atomic mass is 15.3. The quantitative estimate of drug-likeness (QED) is 0.799. The molecule has 1 saturated heterocycles. The van der Waals surface area contributed by atoms with Crippen LogP contribution in [0.15, 0.2) is 6.20 Å². The van der Waals surface area contributed by atoms with Crippen molar-refractivity contribution in [2.45, 2.75) is 58.7 Å². The Kier molecular flexibility index (Phi) is 5.61. The van der Waals surface area contributed by atoms with E-state index < -0.39 is 0 Å². The molecule has 0 aliphatic carbocycles. The van der Waals surface area contributed by atoms with Gasteiger partial charge >= 0.3 is 0 Å². The van der Waals surface area contributed by atoms with E-state index in [-0.39, 0.29) is 0 Å². The minimum Gasteiger partial charge on any atom is -0.302 e. The zero-order valence-electron chi connectivity index (χ0n) is 13.6. The maximum Gasteiger partial charge on any atom is 0.0638 e. The Morgan fingerprint density at radius 3 is 2.90 bits per heavy atom. The van der Waals surface area contributed by atoms with Gasteiger partial charge in [-0.25, -0.2) is 0 Å². The first-order chi connectivity index (χ1) is 9.60. The minimum absolute atomic E-state index is 0.722. The summed E-state index contributed by atoms with van der Waals surface area (Å²) in [6, 6.07) is 0.722. The fraction of sp³-hybridized carbons (Fsp3) is 0.812. The summed E-state index contributed by atoms with van der Waals surface area (Å²) >= 11 is 0. The van der Waals surface area contributed by atoms with Gasteiger partial charge in [-0.1, -0.05) is 13.3 Å². The highest BCUT2D eigenvalue weighted by Crippen LogP contribution is 2.17. The summed E-state index contributed by atoms with van der Waals surface area (Å²) in [4.78, 5) is 4.97. The van der Waals surface area contributed by atoms with Crippen LogP contribution in [0, 0.1) is 6.92 Å². The van der Waals surface area contributed by atoms with Gasteiger partial charge in [0, 0.05) is 37.4 Å². The molecule has 20 heavy (non-hydrogen) atoms. The number of hydrogen-bond donors (Lipinski definition) is 0. The van der Waals surface area contributed by atoms with E-state index in [1.54, 1.807) is 0 Å². The molecule has 2 heterocycles. The average molecular weight is 278 g/mol. The van der Waals surface area contributed by atoms with Gasteiger partial charge in [-0.2, -0.15) is 5.10 Å². The molecule has 1 aromatic heterocycles. The molecule has 2 rings (SSSR count). The van der Waals surface area contributed by atoms with Crippen LogP contribution in [0.25, 0.3) is 0 Å². The Balaban J connectivity index is 1.88. The van der Waals surface area contributed by atoms with Gasteiger partial charge < -0.3 is 9.80 Å². The van der Waals surface area contributed by atoms with Crippen molar-refractivity contribution in [1.29, 1.82) is 0 Å². The number of likely N-dealkylation sites (N-methyl/N-ethyl adjacent to an activating group) is 2.